The third-order valence-electron chi connectivity index (χ3n) is 4.21. The van der Waals surface area contributed by atoms with Crippen LogP contribution >= 0.6 is 0 Å². The summed E-state index contributed by atoms with van der Waals surface area (Å²) in [5.74, 6) is 1.44. The van der Waals surface area contributed by atoms with Gasteiger partial charge in [0.05, 0.1) is 25.8 Å². The molecule has 2 aliphatic heterocycles. The fraction of sp³-hybridized carbons (Fsp3) is 0.562. The van der Waals surface area contributed by atoms with Gasteiger partial charge in [0, 0.05) is 24.0 Å². The lowest BCUT2D eigenvalue weighted by Gasteiger charge is -2.27. The SMILES string of the molecule is CC1(CN=C(N)NC2CCOc3ccccc32)CCOC1. The maximum absolute atomic E-state index is 6.06. The summed E-state index contributed by atoms with van der Waals surface area (Å²) in [5, 5.41) is 3.32. The summed E-state index contributed by atoms with van der Waals surface area (Å²) in [6.07, 6.45) is 1.94. The molecule has 3 N–H and O–H groups in total. The Kier molecular flexibility index (Phi) is 4.01. The van der Waals surface area contributed by atoms with E-state index in [1.54, 1.807) is 0 Å². The summed E-state index contributed by atoms with van der Waals surface area (Å²) in [7, 11) is 0. The number of fused-ring (bicyclic) bond motifs is 1. The van der Waals surface area contributed by atoms with Crippen molar-refractivity contribution in [2.75, 3.05) is 26.4 Å². The summed E-state index contributed by atoms with van der Waals surface area (Å²) in [4.78, 5) is 4.51. The third-order valence-corrected chi connectivity index (χ3v) is 4.21. The van der Waals surface area contributed by atoms with E-state index in [1.165, 1.54) is 0 Å². The molecule has 2 heterocycles. The monoisotopic (exact) mass is 289 g/mol. The molecule has 1 fully saturated rings. The maximum atomic E-state index is 6.06. The zero-order chi connectivity index (χ0) is 14.7. The number of nitrogens with one attached hydrogen (secondary N) is 1. The maximum Gasteiger partial charge on any atom is 0.189 e. The quantitative estimate of drug-likeness (QED) is 0.658. The number of nitrogens with two attached hydrogens (primary N) is 1. The predicted octanol–water partition coefficient (Wildman–Crippen LogP) is 1.84. The van der Waals surface area contributed by atoms with Crippen LogP contribution in [0.2, 0.25) is 0 Å². The second-order valence-corrected chi connectivity index (χ2v) is 6.19. The van der Waals surface area contributed by atoms with Gasteiger partial charge < -0.3 is 20.5 Å². The summed E-state index contributed by atoms with van der Waals surface area (Å²) in [6.45, 7) is 5.20. The Labute approximate surface area is 125 Å². The van der Waals surface area contributed by atoms with Crippen molar-refractivity contribution >= 4 is 5.96 Å². The molecule has 1 aromatic rings. The van der Waals surface area contributed by atoms with Crippen molar-refractivity contribution in [1.29, 1.82) is 0 Å². The normalized spacial score (nSPS) is 28.8. The Balaban J connectivity index is 1.64. The Morgan fingerprint density at radius 3 is 3.10 bits per heavy atom. The second-order valence-electron chi connectivity index (χ2n) is 6.19. The summed E-state index contributed by atoms with van der Waals surface area (Å²) in [5.41, 5.74) is 7.33. The van der Waals surface area contributed by atoms with Gasteiger partial charge in [-0.1, -0.05) is 25.1 Å². The molecule has 0 amide bonds. The molecule has 2 unspecified atom stereocenters. The van der Waals surface area contributed by atoms with Crippen molar-refractivity contribution in [1.82, 2.24) is 5.32 Å². The number of hydrogen-bond acceptors (Lipinski definition) is 3. The largest absolute Gasteiger partial charge is 0.493 e. The van der Waals surface area contributed by atoms with Crippen molar-refractivity contribution in [2.24, 2.45) is 16.1 Å². The van der Waals surface area contributed by atoms with Crippen LogP contribution in [0.3, 0.4) is 0 Å². The van der Waals surface area contributed by atoms with Crippen LogP contribution in [0.15, 0.2) is 29.3 Å². The topological polar surface area (TPSA) is 68.9 Å². The van der Waals surface area contributed by atoms with E-state index < -0.39 is 0 Å². The summed E-state index contributed by atoms with van der Waals surface area (Å²) < 4.78 is 11.1. The molecule has 114 valence electrons. The van der Waals surface area contributed by atoms with Gasteiger partial charge in [-0.3, -0.25) is 4.99 Å². The van der Waals surface area contributed by atoms with Crippen molar-refractivity contribution in [3.63, 3.8) is 0 Å². The van der Waals surface area contributed by atoms with Gasteiger partial charge in [-0.2, -0.15) is 0 Å². The average molecular weight is 289 g/mol. The second kappa shape index (κ2) is 5.93. The molecular weight excluding hydrogens is 266 g/mol. The van der Waals surface area contributed by atoms with Gasteiger partial charge in [-0.05, 0) is 12.5 Å². The standard InChI is InChI=1S/C16H23N3O2/c1-16(7-9-20-11-16)10-18-15(17)19-13-6-8-21-14-5-3-2-4-12(13)14/h2-5,13H,6-11H2,1H3,(H3,17,18,19). The number of hydrogen-bond donors (Lipinski definition) is 2. The first-order valence-corrected chi connectivity index (χ1v) is 7.52. The molecule has 1 aromatic carbocycles. The molecule has 0 radical (unpaired) electrons. The van der Waals surface area contributed by atoms with Gasteiger partial charge in [0.15, 0.2) is 5.96 Å². The van der Waals surface area contributed by atoms with Crippen LogP contribution in [-0.2, 0) is 4.74 Å². The van der Waals surface area contributed by atoms with Crippen LogP contribution in [0.4, 0.5) is 0 Å². The van der Waals surface area contributed by atoms with E-state index in [4.69, 9.17) is 15.2 Å². The Morgan fingerprint density at radius 1 is 1.43 bits per heavy atom. The van der Waals surface area contributed by atoms with Crippen LogP contribution in [0.25, 0.3) is 0 Å². The molecule has 2 aliphatic rings. The highest BCUT2D eigenvalue weighted by Crippen LogP contribution is 2.31. The first kappa shape index (κ1) is 14.2. The first-order chi connectivity index (χ1) is 10.2. The number of para-hydroxylation sites is 1. The third kappa shape index (κ3) is 3.29. The van der Waals surface area contributed by atoms with Crippen molar-refractivity contribution in [3.8, 4) is 5.75 Å². The first-order valence-electron chi connectivity index (χ1n) is 7.52. The molecule has 5 nitrogen and oxygen atoms in total. The van der Waals surface area contributed by atoms with E-state index in [9.17, 15) is 0 Å². The van der Waals surface area contributed by atoms with E-state index in [0.717, 1.165) is 37.4 Å². The lowest BCUT2D eigenvalue weighted by Crippen LogP contribution is -2.38. The van der Waals surface area contributed by atoms with Gasteiger partial charge in [0.25, 0.3) is 0 Å². The van der Waals surface area contributed by atoms with Crippen molar-refractivity contribution in [2.45, 2.75) is 25.8 Å². The highest BCUT2D eigenvalue weighted by molar-refractivity contribution is 5.78. The number of aliphatic imine (C=N–C) groups is 1. The summed E-state index contributed by atoms with van der Waals surface area (Å²) >= 11 is 0. The number of nitrogens with zero attached hydrogens (tertiary/aromatic N) is 1. The number of ether oxygens (including phenoxy) is 2. The molecule has 0 aromatic heterocycles. The van der Waals surface area contributed by atoms with Crippen LogP contribution in [0, 0.1) is 5.41 Å². The fourth-order valence-corrected chi connectivity index (χ4v) is 2.83. The average Bonchev–Trinajstić information content (AvgIpc) is 2.93. The van der Waals surface area contributed by atoms with E-state index in [-0.39, 0.29) is 11.5 Å². The Bertz CT molecular complexity index is 524. The summed E-state index contributed by atoms with van der Waals surface area (Å²) in [6, 6.07) is 8.25. The van der Waals surface area contributed by atoms with Crippen LogP contribution in [0.5, 0.6) is 5.75 Å². The van der Waals surface area contributed by atoms with E-state index in [0.29, 0.717) is 19.1 Å². The predicted molar refractivity (Wildman–Crippen MR) is 82.5 cm³/mol. The van der Waals surface area contributed by atoms with Crippen LogP contribution < -0.4 is 15.8 Å². The minimum Gasteiger partial charge on any atom is -0.493 e. The van der Waals surface area contributed by atoms with Gasteiger partial charge in [0.1, 0.15) is 5.75 Å². The zero-order valence-corrected chi connectivity index (χ0v) is 12.5. The molecular formula is C16H23N3O2. The molecule has 0 aliphatic carbocycles. The number of rotatable bonds is 3. The van der Waals surface area contributed by atoms with Gasteiger partial charge in [-0.25, -0.2) is 0 Å². The van der Waals surface area contributed by atoms with Gasteiger partial charge in [0.2, 0.25) is 0 Å². The van der Waals surface area contributed by atoms with Crippen molar-refractivity contribution < 1.29 is 9.47 Å². The number of guanidine groups is 1. The minimum absolute atomic E-state index is 0.125. The highest BCUT2D eigenvalue weighted by atomic mass is 16.5. The molecule has 2 atom stereocenters. The molecule has 1 saturated heterocycles. The molecule has 3 rings (SSSR count). The van der Waals surface area contributed by atoms with Crippen molar-refractivity contribution in [3.05, 3.63) is 29.8 Å². The van der Waals surface area contributed by atoms with Gasteiger partial charge in [-0.15, -0.1) is 0 Å². The number of benzene rings is 1. The smallest absolute Gasteiger partial charge is 0.189 e. The Morgan fingerprint density at radius 2 is 2.29 bits per heavy atom. The van der Waals surface area contributed by atoms with Crippen LogP contribution in [0.1, 0.15) is 31.4 Å². The van der Waals surface area contributed by atoms with Gasteiger partial charge >= 0.3 is 0 Å². The lowest BCUT2D eigenvalue weighted by molar-refractivity contribution is 0.163. The van der Waals surface area contributed by atoms with E-state index >= 15 is 0 Å². The molecule has 21 heavy (non-hydrogen) atoms. The molecule has 0 saturated carbocycles. The molecule has 0 spiro atoms. The van der Waals surface area contributed by atoms with E-state index in [2.05, 4.69) is 23.3 Å². The van der Waals surface area contributed by atoms with Crippen LogP contribution in [-0.4, -0.2) is 32.3 Å². The fourth-order valence-electron chi connectivity index (χ4n) is 2.83. The highest BCUT2D eigenvalue weighted by Gasteiger charge is 2.29. The lowest BCUT2D eigenvalue weighted by atomic mass is 9.90. The zero-order valence-electron chi connectivity index (χ0n) is 12.5. The Hall–Kier alpha value is -1.75. The molecule has 5 heteroatoms. The minimum atomic E-state index is 0.125. The van der Waals surface area contributed by atoms with E-state index in [1.807, 2.05) is 18.2 Å². The molecule has 0 bridgehead atoms.